The van der Waals surface area contributed by atoms with Crippen molar-refractivity contribution < 1.29 is 14.3 Å². The first-order chi connectivity index (χ1) is 12.2. The van der Waals surface area contributed by atoms with Gasteiger partial charge in [0.1, 0.15) is 0 Å². The van der Waals surface area contributed by atoms with Crippen molar-refractivity contribution >= 4 is 5.91 Å². The van der Waals surface area contributed by atoms with Crippen molar-refractivity contribution in [3.05, 3.63) is 35.4 Å². The zero-order valence-electron chi connectivity index (χ0n) is 15.5. The van der Waals surface area contributed by atoms with Gasteiger partial charge in [-0.05, 0) is 55.6 Å². The highest BCUT2D eigenvalue weighted by atomic mass is 16.5. The van der Waals surface area contributed by atoms with Gasteiger partial charge in [-0.15, -0.1) is 0 Å². The van der Waals surface area contributed by atoms with Crippen LogP contribution in [0.1, 0.15) is 56.2 Å². The number of ether oxygens (including phenoxy) is 2. The van der Waals surface area contributed by atoms with E-state index in [9.17, 15) is 4.79 Å². The first-order valence-electron chi connectivity index (χ1n) is 9.67. The molecule has 1 saturated carbocycles. The lowest BCUT2D eigenvalue weighted by Crippen LogP contribution is -2.40. The molecule has 0 bridgehead atoms. The van der Waals surface area contributed by atoms with Crippen molar-refractivity contribution in [2.24, 2.45) is 11.8 Å². The van der Waals surface area contributed by atoms with E-state index in [1.165, 1.54) is 11.1 Å². The molecule has 1 N–H and O–H groups in total. The fourth-order valence-corrected chi connectivity index (χ4v) is 4.20. The number of carbonyl (C=O) groups excluding carboxylic acids is 1. The maximum Gasteiger partial charge on any atom is 0.223 e. The Labute approximate surface area is 151 Å². The molecular formula is C21H31NO3. The maximum atomic E-state index is 12.8. The molecule has 0 heterocycles. The Morgan fingerprint density at radius 3 is 2.64 bits per heavy atom. The van der Waals surface area contributed by atoms with Gasteiger partial charge in [0.2, 0.25) is 5.91 Å². The van der Waals surface area contributed by atoms with E-state index in [1.807, 2.05) is 0 Å². The molecule has 138 valence electrons. The molecule has 0 radical (unpaired) electrons. The molecule has 2 atom stereocenters. The van der Waals surface area contributed by atoms with Crippen LogP contribution in [-0.2, 0) is 20.7 Å². The van der Waals surface area contributed by atoms with Crippen molar-refractivity contribution in [1.82, 2.24) is 5.32 Å². The second-order valence-electron chi connectivity index (χ2n) is 7.54. The smallest absolute Gasteiger partial charge is 0.223 e. The molecule has 0 spiro atoms. The summed E-state index contributed by atoms with van der Waals surface area (Å²) in [6.07, 6.45) is 6.33. The number of amides is 1. The summed E-state index contributed by atoms with van der Waals surface area (Å²) < 4.78 is 10.8. The van der Waals surface area contributed by atoms with Crippen LogP contribution >= 0.6 is 0 Å². The van der Waals surface area contributed by atoms with Crippen molar-refractivity contribution in [3.8, 4) is 0 Å². The van der Waals surface area contributed by atoms with Gasteiger partial charge in [-0.2, -0.15) is 0 Å². The third-order valence-corrected chi connectivity index (χ3v) is 5.81. The standard InChI is InChI=1S/C21H31NO3/c1-15-7-8-16-5-3-4-6-19(16)20(15)22-21(23)17-9-11-18(12-10-17)25-14-13-24-2/h3-6,15,17-18,20H,7-14H2,1-2H3,(H,22,23)/t15-,17?,18?,20+/m0/s1. The summed E-state index contributed by atoms with van der Waals surface area (Å²) in [5.74, 6) is 0.847. The number of benzene rings is 1. The molecule has 0 saturated heterocycles. The van der Waals surface area contributed by atoms with E-state index in [0.29, 0.717) is 19.1 Å². The molecule has 0 unspecified atom stereocenters. The highest BCUT2D eigenvalue weighted by Crippen LogP contribution is 2.35. The molecule has 2 aliphatic carbocycles. The lowest BCUT2D eigenvalue weighted by molar-refractivity contribution is -0.128. The molecule has 1 aromatic carbocycles. The monoisotopic (exact) mass is 345 g/mol. The average Bonchev–Trinajstić information content (AvgIpc) is 2.65. The summed E-state index contributed by atoms with van der Waals surface area (Å²) >= 11 is 0. The van der Waals surface area contributed by atoms with Gasteiger partial charge in [-0.25, -0.2) is 0 Å². The minimum absolute atomic E-state index is 0.128. The molecule has 1 amide bonds. The van der Waals surface area contributed by atoms with E-state index in [2.05, 4.69) is 36.5 Å². The van der Waals surface area contributed by atoms with Crippen LogP contribution in [0.5, 0.6) is 0 Å². The van der Waals surface area contributed by atoms with Gasteiger partial charge in [0.05, 0.1) is 25.4 Å². The Bertz CT molecular complexity index is 566. The van der Waals surface area contributed by atoms with Crippen molar-refractivity contribution in [1.29, 1.82) is 0 Å². The van der Waals surface area contributed by atoms with Gasteiger partial charge in [-0.1, -0.05) is 31.2 Å². The van der Waals surface area contributed by atoms with E-state index >= 15 is 0 Å². The first-order valence-corrected chi connectivity index (χ1v) is 9.67. The second-order valence-corrected chi connectivity index (χ2v) is 7.54. The van der Waals surface area contributed by atoms with Gasteiger partial charge < -0.3 is 14.8 Å². The molecule has 3 rings (SSSR count). The highest BCUT2D eigenvalue weighted by Gasteiger charge is 2.32. The molecular weight excluding hydrogens is 314 g/mol. The number of carbonyl (C=O) groups is 1. The predicted molar refractivity (Wildman–Crippen MR) is 98.4 cm³/mol. The predicted octanol–water partition coefficient (Wildman–Crippen LogP) is 3.65. The number of hydrogen-bond donors (Lipinski definition) is 1. The number of fused-ring (bicyclic) bond motifs is 1. The molecule has 0 aromatic heterocycles. The summed E-state index contributed by atoms with van der Waals surface area (Å²) in [5, 5.41) is 3.36. The molecule has 1 aromatic rings. The van der Waals surface area contributed by atoms with Gasteiger partial charge in [0, 0.05) is 13.0 Å². The largest absolute Gasteiger partial charge is 0.382 e. The summed E-state index contributed by atoms with van der Waals surface area (Å²) in [4.78, 5) is 12.8. The fourth-order valence-electron chi connectivity index (χ4n) is 4.20. The quantitative estimate of drug-likeness (QED) is 0.801. The Balaban J connectivity index is 1.53. The van der Waals surface area contributed by atoms with Crippen LogP contribution in [-0.4, -0.2) is 32.3 Å². The van der Waals surface area contributed by atoms with Crippen molar-refractivity contribution in [2.45, 2.75) is 57.6 Å². The van der Waals surface area contributed by atoms with Crippen LogP contribution in [0.25, 0.3) is 0 Å². The van der Waals surface area contributed by atoms with Crippen LogP contribution in [0.4, 0.5) is 0 Å². The lowest BCUT2D eigenvalue weighted by atomic mass is 9.80. The van der Waals surface area contributed by atoms with Crippen LogP contribution in [0, 0.1) is 11.8 Å². The van der Waals surface area contributed by atoms with Gasteiger partial charge in [0.25, 0.3) is 0 Å². The molecule has 2 aliphatic rings. The Hall–Kier alpha value is -1.39. The number of aryl methyl sites for hydroxylation is 1. The van der Waals surface area contributed by atoms with Crippen LogP contribution in [0.2, 0.25) is 0 Å². The van der Waals surface area contributed by atoms with E-state index < -0.39 is 0 Å². The van der Waals surface area contributed by atoms with E-state index in [-0.39, 0.29) is 24.0 Å². The molecule has 25 heavy (non-hydrogen) atoms. The fraction of sp³-hybridized carbons (Fsp3) is 0.667. The summed E-state index contributed by atoms with van der Waals surface area (Å²) in [7, 11) is 1.69. The molecule has 1 fully saturated rings. The lowest BCUT2D eigenvalue weighted by Gasteiger charge is -2.34. The SMILES string of the molecule is COCCOC1CCC(C(=O)N[C@H]2c3ccccc3CC[C@@H]2C)CC1. The Morgan fingerprint density at radius 2 is 1.88 bits per heavy atom. The van der Waals surface area contributed by atoms with Crippen LogP contribution in [0.15, 0.2) is 24.3 Å². The molecule has 4 heteroatoms. The maximum absolute atomic E-state index is 12.8. The summed E-state index contributed by atoms with van der Waals surface area (Å²) in [5.41, 5.74) is 2.70. The van der Waals surface area contributed by atoms with Crippen LogP contribution in [0.3, 0.4) is 0 Å². The second kappa shape index (κ2) is 8.81. The minimum atomic E-state index is 0.128. The topological polar surface area (TPSA) is 47.6 Å². The zero-order chi connectivity index (χ0) is 17.6. The van der Waals surface area contributed by atoms with E-state index in [4.69, 9.17) is 9.47 Å². The third-order valence-electron chi connectivity index (χ3n) is 5.81. The summed E-state index contributed by atoms with van der Waals surface area (Å²) in [6, 6.07) is 8.71. The summed E-state index contributed by atoms with van der Waals surface area (Å²) in [6.45, 7) is 3.54. The zero-order valence-corrected chi connectivity index (χ0v) is 15.5. The van der Waals surface area contributed by atoms with Crippen molar-refractivity contribution in [2.75, 3.05) is 20.3 Å². The van der Waals surface area contributed by atoms with E-state index in [0.717, 1.165) is 38.5 Å². The third kappa shape index (κ3) is 4.62. The molecule has 0 aliphatic heterocycles. The highest BCUT2D eigenvalue weighted by molar-refractivity contribution is 5.79. The van der Waals surface area contributed by atoms with E-state index in [1.54, 1.807) is 7.11 Å². The number of rotatable bonds is 6. The average molecular weight is 345 g/mol. The molecule has 4 nitrogen and oxygen atoms in total. The minimum Gasteiger partial charge on any atom is -0.382 e. The number of hydrogen-bond acceptors (Lipinski definition) is 3. The van der Waals surface area contributed by atoms with Gasteiger partial charge in [-0.3, -0.25) is 4.79 Å². The number of methoxy groups -OCH3 is 1. The van der Waals surface area contributed by atoms with Gasteiger partial charge >= 0.3 is 0 Å². The Morgan fingerprint density at radius 1 is 1.12 bits per heavy atom. The number of nitrogens with one attached hydrogen (secondary N) is 1. The van der Waals surface area contributed by atoms with Gasteiger partial charge in [0.15, 0.2) is 0 Å². The Kier molecular flexibility index (Phi) is 6.49. The van der Waals surface area contributed by atoms with Crippen LogP contribution < -0.4 is 5.32 Å². The first kappa shape index (κ1) is 18.4. The normalized spacial score (nSPS) is 29.0. The van der Waals surface area contributed by atoms with Crippen molar-refractivity contribution in [3.63, 3.8) is 0 Å².